The van der Waals surface area contributed by atoms with E-state index in [-0.39, 0.29) is 0 Å². The number of ether oxygens (including phenoxy) is 1. The standard InChI is InChI=1S/C14H18N4OS/c1-19-7-4-15-9-13-3-2-5-17(13)10-12-11-18-6-8-20-14(18)16-12/h2-3,5-6,8,11,15H,4,7,9-10H2,1H3. The van der Waals surface area contributed by atoms with Gasteiger partial charge in [0.1, 0.15) is 0 Å². The van der Waals surface area contributed by atoms with Crippen LogP contribution in [0.3, 0.4) is 0 Å². The molecule has 0 aliphatic carbocycles. The zero-order chi connectivity index (χ0) is 13.8. The number of fused-ring (bicyclic) bond motifs is 1. The molecule has 20 heavy (non-hydrogen) atoms. The monoisotopic (exact) mass is 290 g/mol. The van der Waals surface area contributed by atoms with Gasteiger partial charge in [-0.2, -0.15) is 0 Å². The third kappa shape index (κ3) is 2.92. The molecule has 0 aliphatic heterocycles. The number of aromatic nitrogens is 3. The van der Waals surface area contributed by atoms with E-state index < -0.39 is 0 Å². The maximum atomic E-state index is 5.03. The molecular formula is C14H18N4OS. The van der Waals surface area contributed by atoms with Crippen LogP contribution in [0.25, 0.3) is 4.96 Å². The molecule has 0 unspecified atom stereocenters. The van der Waals surface area contributed by atoms with Crippen molar-refractivity contribution in [1.82, 2.24) is 19.3 Å². The van der Waals surface area contributed by atoms with Gasteiger partial charge in [-0.15, -0.1) is 11.3 Å². The van der Waals surface area contributed by atoms with Crippen LogP contribution in [0.15, 0.2) is 36.1 Å². The number of hydrogen-bond acceptors (Lipinski definition) is 4. The van der Waals surface area contributed by atoms with Crippen LogP contribution in [0.5, 0.6) is 0 Å². The third-order valence-corrected chi connectivity index (χ3v) is 3.96. The van der Waals surface area contributed by atoms with Crippen molar-refractivity contribution in [3.63, 3.8) is 0 Å². The topological polar surface area (TPSA) is 43.5 Å². The van der Waals surface area contributed by atoms with Crippen LogP contribution in [0.2, 0.25) is 0 Å². The first-order chi connectivity index (χ1) is 9.86. The molecule has 0 spiro atoms. The van der Waals surface area contributed by atoms with Crippen molar-refractivity contribution in [3.8, 4) is 0 Å². The molecule has 3 aromatic heterocycles. The number of rotatable bonds is 7. The number of nitrogens with one attached hydrogen (secondary N) is 1. The highest BCUT2D eigenvalue weighted by atomic mass is 32.1. The SMILES string of the molecule is COCCNCc1cccn1Cc1cn2ccsc2n1. The van der Waals surface area contributed by atoms with E-state index in [4.69, 9.17) is 4.74 Å². The van der Waals surface area contributed by atoms with Crippen LogP contribution >= 0.6 is 11.3 Å². The summed E-state index contributed by atoms with van der Waals surface area (Å²) in [7, 11) is 1.72. The Balaban J connectivity index is 1.65. The van der Waals surface area contributed by atoms with Gasteiger partial charge in [0, 0.05) is 49.9 Å². The number of imidazole rings is 1. The molecule has 3 heterocycles. The largest absolute Gasteiger partial charge is 0.383 e. The molecule has 6 heteroatoms. The van der Waals surface area contributed by atoms with Crippen molar-refractivity contribution in [2.75, 3.05) is 20.3 Å². The summed E-state index contributed by atoms with van der Waals surface area (Å²) in [4.78, 5) is 5.67. The van der Waals surface area contributed by atoms with Crippen LogP contribution in [0.1, 0.15) is 11.4 Å². The minimum absolute atomic E-state index is 0.734. The number of hydrogen-bond donors (Lipinski definition) is 1. The quantitative estimate of drug-likeness (QED) is 0.677. The van der Waals surface area contributed by atoms with Crippen molar-refractivity contribution in [2.45, 2.75) is 13.1 Å². The Morgan fingerprint density at radius 1 is 1.40 bits per heavy atom. The summed E-state index contributed by atoms with van der Waals surface area (Å²) >= 11 is 1.66. The Bertz CT molecular complexity index is 641. The van der Waals surface area contributed by atoms with Crippen molar-refractivity contribution >= 4 is 16.3 Å². The lowest BCUT2D eigenvalue weighted by molar-refractivity contribution is 0.199. The van der Waals surface area contributed by atoms with E-state index in [1.807, 2.05) is 11.6 Å². The minimum Gasteiger partial charge on any atom is -0.383 e. The molecular weight excluding hydrogens is 272 g/mol. The lowest BCUT2D eigenvalue weighted by Gasteiger charge is -2.08. The van der Waals surface area contributed by atoms with Gasteiger partial charge in [0.25, 0.3) is 0 Å². The summed E-state index contributed by atoms with van der Waals surface area (Å²) in [5.74, 6) is 0. The molecule has 3 aromatic rings. The Hall–Kier alpha value is -1.63. The van der Waals surface area contributed by atoms with E-state index in [0.717, 1.165) is 36.9 Å². The second-order valence-corrected chi connectivity index (χ2v) is 5.50. The Labute approximate surface area is 121 Å². The fourth-order valence-electron chi connectivity index (χ4n) is 2.18. The van der Waals surface area contributed by atoms with Gasteiger partial charge in [-0.3, -0.25) is 4.40 Å². The molecule has 106 valence electrons. The van der Waals surface area contributed by atoms with E-state index in [1.54, 1.807) is 18.4 Å². The zero-order valence-corrected chi connectivity index (χ0v) is 12.3. The van der Waals surface area contributed by atoms with Crippen molar-refractivity contribution in [1.29, 1.82) is 0 Å². The van der Waals surface area contributed by atoms with Gasteiger partial charge in [0.2, 0.25) is 0 Å². The fraction of sp³-hybridized carbons (Fsp3) is 0.357. The summed E-state index contributed by atoms with van der Waals surface area (Å²) in [5.41, 5.74) is 2.35. The summed E-state index contributed by atoms with van der Waals surface area (Å²) in [6, 6.07) is 4.21. The molecule has 0 fully saturated rings. The first-order valence-electron chi connectivity index (χ1n) is 6.61. The highest BCUT2D eigenvalue weighted by Crippen LogP contribution is 2.13. The first-order valence-corrected chi connectivity index (χ1v) is 7.49. The molecule has 0 aromatic carbocycles. The van der Waals surface area contributed by atoms with Gasteiger partial charge < -0.3 is 14.6 Å². The molecule has 3 rings (SSSR count). The molecule has 0 aliphatic rings. The first kappa shape index (κ1) is 13.4. The predicted molar refractivity (Wildman–Crippen MR) is 80.2 cm³/mol. The highest BCUT2D eigenvalue weighted by molar-refractivity contribution is 7.15. The average molecular weight is 290 g/mol. The predicted octanol–water partition coefficient (Wildman–Crippen LogP) is 1.98. The van der Waals surface area contributed by atoms with Crippen LogP contribution < -0.4 is 5.32 Å². The van der Waals surface area contributed by atoms with Crippen LogP contribution in [0.4, 0.5) is 0 Å². The van der Waals surface area contributed by atoms with Crippen LogP contribution in [-0.4, -0.2) is 34.2 Å². The summed E-state index contributed by atoms with van der Waals surface area (Å²) in [6.07, 6.45) is 6.23. The molecule has 0 atom stereocenters. The molecule has 0 bridgehead atoms. The molecule has 1 N–H and O–H groups in total. The number of thiazole rings is 1. The Morgan fingerprint density at radius 2 is 2.35 bits per heavy atom. The van der Waals surface area contributed by atoms with Gasteiger partial charge in [-0.1, -0.05) is 0 Å². The van der Waals surface area contributed by atoms with Gasteiger partial charge in [0.05, 0.1) is 18.8 Å². The average Bonchev–Trinajstić information content (AvgIpc) is 3.11. The lowest BCUT2D eigenvalue weighted by atomic mass is 10.4. The van der Waals surface area contributed by atoms with Crippen LogP contribution in [0, 0.1) is 0 Å². The number of nitrogens with zero attached hydrogens (tertiary/aromatic N) is 3. The summed E-state index contributed by atoms with van der Waals surface area (Å²) in [6.45, 7) is 3.25. The van der Waals surface area contributed by atoms with Gasteiger partial charge in [0.15, 0.2) is 4.96 Å². The van der Waals surface area contributed by atoms with E-state index in [0.29, 0.717) is 0 Å². The smallest absolute Gasteiger partial charge is 0.193 e. The molecule has 0 saturated carbocycles. The van der Waals surface area contributed by atoms with E-state index >= 15 is 0 Å². The number of methoxy groups -OCH3 is 1. The van der Waals surface area contributed by atoms with E-state index in [1.165, 1.54) is 5.69 Å². The molecule has 0 radical (unpaired) electrons. The Kier molecular flexibility index (Phi) is 4.15. The normalized spacial score (nSPS) is 11.4. The molecule has 0 amide bonds. The maximum Gasteiger partial charge on any atom is 0.193 e. The molecule has 0 saturated heterocycles. The van der Waals surface area contributed by atoms with E-state index in [2.05, 4.69) is 43.8 Å². The summed E-state index contributed by atoms with van der Waals surface area (Å²) < 4.78 is 9.33. The van der Waals surface area contributed by atoms with Crippen LogP contribution in [-0.2, 0) is 17.8 Å². The third-order valence-electron chi connectivity index (χ3n) is 3.19. The molecule has 5 nitrogen and oxygen atoms in total. The lowest BCUT2D eigenvalue weighted by Crippen LogP contribution is -2.20. The second kappa shape index (κ2) is 6.21. The van der Waals surface area contributed by atoms with Gasteiger partial charge in [-0.25, -0.2) is 4.98 Å². The summed E-state index contributed by atoms with van der Waals surface area (Å²) in [5, 5.41) is 5.42. The zero-order valence-electron chi connectivity index (χ0n) is 11.5. The minimum atomic E-state index is 0.734. The van der Waals surface area contributed by atoms with Gasteiger partial charge >= 0.3 is 0 Å². The highest BCUT2D eigenvalue weighted by Gasteiger charge is 2.06. The Morgan fingerprint density at radius 3 is 3.20 bits per heavy atom. The van der Waals surface area contributed by atoms with E-state index in [9.17, 15) is 0 Å². The van der Waals surface area contributed by atoms with Crippen molar-refractivity contribution in [3.05, 3.63) is 47.5 Å². The second-order valence-electron chi connectivity index (χ2n) is 4.62. The van der Waals surface area contributed by atoms with Crippen molar-refractivity contribution in [2.24, 2.45) is 0 Å². The van der Waals surface area contributed by atoms with Gasteiger partial charge in [-0.05, 0) is 12.1 Å². The fourth-order valence-corrected chi connectivity index (χ4v) is 2.90. The maximum absolute atomic E-state index is 5.03. The van der Waals surface area contributed by atoms with Crippen molar-refractivity contribution < 1.29 is 4.74 Å².